The molecule has 50 heavy (non-hydrogen) atoms. The second kappa shape index (κ2) is 17.5. The fourth-order valence-electron chi connectivity index (χ4n) is 5.97. The van der Waals surface area contributed by atoms with Crippen LogP contribution in [0.5, 0.6) is 0 Å². The smallest absolute Gasteiger partial charge is 0.256 e. The zero-order chi connectivity index (χ0) is 35.5. The summed E-state index contributed by atoms with van der Waals surface area (Å²) in [4.78, 5) is 58.5. The molecule has 12 heteroatoms. The van der Waals surface area contributed by atoms with Gasteiger partial charge in [0.25, 0.3) is 5.91 Å². The van der Waals surface area contributed by atoms with Crippen LogP contribution in [0.25, 0.3) is 0 Å². The van der Waals surface area contributed by atoms with Gasteiger partial charge in [-0.25, -0.2) is 0 Å². The number of carbonyl (C=O) groups excluding carboxylic acids is 3. The molecular weight excluding hydrogens is 630 g/mol. The second-order valence-electron chi connectivity index (χ2n) is 12.0. The first-order valence-corrected chi connectivity index (χ1v) is 17.5. The average molecular weight is 678 g/mol. The summed E-state index contributed by atoms with van der Waals surface area (Å²) in [6.45, 7) is 16.2. The lowest BCUT2D eigenvalue weighted by Crippen LogP contribution is -2.26. The Kier molecular flexibility index (Phi) is 12.6. The van der Waals surface area contributed by atoms with Crippen LogP contribution in [0.15, 0.2) is 66.7 Å². The maximum Gasteiger partial charge on any atom is 0.256 e. The number of carbonyl (C=O) groups is 3. The Hall–Kier alpha value is -5.20. The van der Waals surface area contributed by atoms with Crippen LogP contribution >= 0.6 is 0 Å². The van der Waals surface area contributed by atoms with Crippen molar-refractivity contribution in [2.45, 2.75) is 40.5 Å². The number of aromatic nitrogens is 3. The molecule has 0 unspecified atom stereocenters. The van der Waals surface area contributed by atoms with E-state index in [0.29, 0.717) is 40.3 Å². The fraction of sp³-hybridized carbons (Fsp3) is 0.368. The van der Waals surface area contributed by atoms with Gasteiger partial charge in [-0.2, -0.15) is 15.0 Å². The number of nitrogens with zero attached hydrogens (tertiary/aromatic N) is 5. The van der Waals surface area contributed by atoms with E-state index in [1.807, 2.05) is 0 Å². The number of hydrogen-bond acceptors (Lipinski definition) is 11. The largest absolute Gasteiger partial charge is 0.354 e. The molecule has 1 aliphatic carbocycles. The lowest BCUT2D eigenvalue weighted by molar-refractivity contribution is 0.0969. The number of nitrogens with one attached hydrogen (secondary N) is 4. The van der Waals surface area contributed by atoms with E-state index in [1.54, 1.807) is 66.7 Å². The highest BCUT2D eigenvalue weighted by molar-refractivity contribution is 6.31. The van der Waals surface area contributed by atoms with Gasteiger partial charge in [-0.3, -0.25) is 14.4 Å². The number of anilines is 5. The van der Waals surface area contributed by atoms with E-state index in [-0.39, 0.29) is 28.3 Å². The van der Waals surface area contributed by atoms with Crippen LogP contribution in [0.1, 0.15) is 82.7 Å². The minimum absolute atomic E-state index is 0.122. The monoisotopic (exact) mass is 677 g/mol. The van der Waals surface area contributed by atoms with Crippen molar-refractivity contribution in [3.63, 3.8) is 0 Å². The van der Waals surface area contributed by atoms with Gasteiger partial charge < -0.3 is 31.1 Å². The molecule has 1 amide bonds. The number of ketones is 2. The van der Waals surface area contributed by atoms with Gasteiger partial charge in [0.05, 0.1) is 5.56 Å². The molecule has 0 bridgehead atoms. The van der Waals surface area contributed by atoms with Gasteiger partial charge in [0.2, 0.25) is 17.8 Å². The third-order valence-corrected chi connectivity index (χ3v) is 8.89. The summed E-state index contributed by atoms with van der Waals surface area (Å²) in [6, 6.07) is 18.6. The third-order valence-electron chi connectivity index (χ3n) is 8.89. The highest BCUT2D eigenvalue weighted by atomic mass is 16.2. The molecule has 12 nitrogen and oxygen atoms in total. The first-order valence-electron chi connectivity index (χ1n) is 17.5. The van der Waals surface area contributed by atoms with Crippen LogP contribution in [-0.4, -0.2) is 94.6 Å². The Labute approximate surface area is 294 Å². The summed E-state index contributed by atoms with van der Waals surface area (Å²) in [6.07, 6.45) is 1.92. The van der Waals surface area contributed by atoms with E-state index in [1.165, 1.54) is 0 Å². The second-order valence-corrected chi connectivity index (χ2v) is 12.0. The number of fused-ring (bicyclic) bond motifs is 2. The summed E-state index contributed by atoms with van der Waals surface area (Å²) < 4.78 is 0. The Morgan fingerprint density at radius 1 is 0.600 bits per heavy atom. The summed E-state index contributed by atoms with van der Waals surface area (Å²) in [5, 5.41) is 12.8. The molecule has 0 saturated carbocycles. The van der Waals surface area contributed by atoms with E-state index in [2.05, 4.69) is 73.7 Å². The van der Waals surface area contributed by atoms with Crippen molar-refractivity contribution in [2.75, 3.05) is 73.6 Å². The van der Waals surface area contributed by atoms with Crippen LogP contribution < -0.4 is 21.3 Å². The van der Waals surface area contributed by atoms with Gasteiger partial charge >= 0.3 is 0 Å². The SMILES string of the molecule is CCN(CC)CCCNc1nc(NCCCN(CC)CC)nc(Nc2ccc(NC(=O)c3cccc4c3C(=O)c3ccccc3C4=O)cc2)n1. The molecular formula is C38H47N9O3. The van der Waals surface area contributed by atoms with Crippen LogP contribution in [0.4, 0.5) is 29.2 Å². The predicted molar refractivity (Wildman–Crippen MR) is 199 cm³/mol. The van der Waals surface area contributed by atoms with Gasteiger partial charge in [0, 0.05) is 46.7 Å². The molecule has 4 N–H and O–H groups in total. The van der Waals surface area contributed by atoms with E-state index >= 15 is 0 Å². The first-order chi connectivity index (χ1) is 24.3. The van der Waals surface area contributed by atoms with E-state index in [9.17, 15) is 14.4 Å². The topological polar surface area (TPSA) is 144 Å². The summed E-state index contributed by atoms with van der Waals surface area (Å²) in [5.41, 5.74) is 2.39. The number of rotatable bonds is 18. The van der Waals surface area contributed by atoms with Crippen molar-refractivity contribution in [3.05, 3.63) is 94.5 Å². The fourth-order valence-corrected chi connectivity index (χ4v) is 5.97. The summed E-state index contributed by atoms with van der Waals surface area (Å²) in [7, 11) is 0. The maximum atomic E-state index is 13.4. The summed E-state index contributed by atoms with van der Waals surface area (Å²) >= 11 is 0. The van der Waals surface area contributed by atoms with Crippen LogP contribution in [0.3, 0.4) is 0 Å². The minimum Gasteiger partial charge on any atom is -0.354 e. The van der Waals surface area contributed by atoms with Crippen molar-refractivity contribution in [1.82, 2.24) is 24.8 Å². The van der Waals surface area contributed by atoms with Crippen molar-refractivity contribution < 1.29 is 14.4 Å². The van der Waals surface area contributed by atoms with E-state index < -0.39 is 5.91 Å². The standard InChI is InChI=1S/C38H47N9O3/c1-5-46(6-2)24-12-22-39-36-43-37(40-23-13-25-47(7-3)8-4)45-38(44-36)42-27-20-18-26(19-21-27)41-35(50)31-17-11-16-30-32(31)34(49)29-15-10-9-14-28(29)33(30)48/h9-11,14-21H,5-8,12-13,22-25H2,1-4H3,(H,41,50)(H3,39,40,42,43,44,45). The number of amides is 1. The van der Waals surface area contributed by atoms with Crippen molar-refractivity contribution >= 4 is 46.7 Å². The molecule has 262 valence electrons. The normalized spacial score (nSPS) is 12.1. The molecule has 3 aromatic carbocycles. The minimum atomic E-state index is -0.478. The maximum absolute atomic E-state index is 13.4. The molecule has 0 atom stereocenters. The van der Waals surface area contributed by atoms with Crippen LogP contribution in [-0.2, 0) is 0 Å². The molecule has 1 aromatic heterocycles. The van der Waals surface area contributed by atoms with E-state index in [0.717, 1.165) is 65.2 Å². The highest BCUT2D eigenvalue weighted by Gasteiger charge is 2.32. The van der Waals surface area contributed by atoms with Crippen LogP contribution in [0, 0.1) is 0 Å². The van der Waals surface area contributed by atoms with Crippen molar-refractivity contribution in [2.24, 2.45) is 0 Å². The molecule has 0 aliphatic heterocycles. The highest BCUT2D eigenvalue weighted by Crippen LogP contribution is 2.30. The van der Waals surface area contributed by atoms with Gasteiger partial charge in [-0.05, 0) is 82.4 Å². The van der Waals surface area contributed by atoms with E-state index in [4.69, 9.17) is 0 Å². The average Bonchev–Trinajstić information content (AvgIpc) is 3.14. The molecule has 0 radical (unpaired) electrons. The Morgan fingerprint density at radius 3 is 1.66 bits per heavy atom. The lowest BCUT2D eigenvalue weighted by Gasteiger charge is -2.19. The Bertz CT molecular complexity index is 1750. The Morgan fingerprint density at radius 2 is 1.10 bits per heavy atom. The molecule has 0 saturated heterocycles. The quantitative estimate of drug-likeness (QED) is 0.0819. The van der Waals surface area contributed by atoms with Gasteiger partial charge in [-0.1, -0.05) is 64.1 Å². The van der Waals surface area contributed by atoms with Crippen molar-refractivity contribution in [3.8, 4) is 0 Å². The summed E-state index contributed by atoms with van der Waals surface area (Å²) in [5.74, 6) is 0.267. The third kappa shape index (κ3) is 8.87. The molecule has 0 fully saturated rings. The van der Waals surface area contributed by atoms with Crippen molar-refractivity contribution in [1.29, 1.82) is 0 Å². The molecule has 5 rings (SSSR count). The van der Waals surface area contributed by atoms with Gasteiger partial charge in [0.1, 0.15) is 0 Å². The molecule has 1 aliphatic rings. The Balaban J connectivity index is 1.26. The zero-order valence-corrected chi connectivity index (χ0v) is 29.4. The molecule has 0 spiro atoms. The molecule has 4 aromatic rings. The number of benzene rings is 3. The lowest BCUT2D eigenvalue weighted by atomic mass is 9.81. The van der Waals surface area contributed by atoms with Gasteiger partial charge in [-0.15, -0.1) is 0 Å². The molecule has 1 heterocycles. The predicted octanol–water partition coefficient (Wildman–Crippen LogP) is 5.93. The number of hydrogen-bond donors (Lipinski definition) is 4. The van der Waals surface area contributed by atoms with Crippen LogP contribution in [0.2, 0.25) is 0 Å². The zero-order valence-electron chi connectivity index (χ0n) is 29.4. The first kappa shape index (κ1) is 36.1. The van der Waals surface area contributed by atoms with Gasteiger partial charge in [0.15, 0.2) is 11.6 Å².